The van der Waals surface area contributed by atoms with E-state index in [9.17, 15) is 0 Å². The lowest BCUT2D eigenvalue weighted by Gasteiger charge is -2.21. The van der Waals surface area contributed by atoms with Crippen molar-refractivity contribution in [1.82, 2.24) is 5.32 Å². The van der Waals surface area contributed by atoms with Gasteiger partial charge in [-0.1, -0.05) is 42.3 Å². The van der Waals surface area contributed by atoms with E-state index in [-0.39, 0.29) is 6.04 Å². The predicted octanol–water partition coefficient (Wildman–Crippen LogP) is 4.99. The molecule has 1 saturated heterocycles. The first-order valence-electron chi connectivity index (χ1n) is 7.51. The molecule has 4 heteroatoms. The average Bonchev–Trinajstić information content (AvgIpc) is 2.94. The lowest BCUT2D eigenvalue weighted by atomic mass is 9.99. The van der Waals surface area contributed by atoms with Crippen LogP contribution in [0.25, 0.3) is 0 Å². The van der Waals surface area contributed by atoms with Gasteiger partial charge in [-0.2, -0.15) is 0 Å². The summed E-state index contributed by atoms with van der Waals surface area (Å²) in [6, 6.07) is 6.14. The van der Waals surface area contributed by atoms with Crippen molar-refractivity contribution in [1.29, 1.82) is 0 Å². The number of hydrogen-bond acceptors (Lipinski definition) is 2. The first-order chi connectivity index (χ1) is 9.72. The highest BCUT2D eigenvalue weighted by molar-refractivity contribution is 6.42. The summed E-state index contributed by atoms with van der Waals surface area (Å²) in [6.07, 6.45) is 6.23. The van der Waals surface area contributed by atoms with E-state index in [1.807, 2.05) is 12.1 Å². The van der Waals surface area contributed by atoms with E-state index in [2.05, 4.69) is 18.3 Å². The Bertz CT molecular complexity index is 419. The van der Waals surface area contributed by atoms with Gasteiger partial charge in [0, 0.05) is 12.6 Å². The molecule has 0 amide bonds. The van der Waals surface area contributed by atoms with Crippen molar-refractivity contribution in [3.8, 4) is 0 Å². The molecule has 1 fully saturated rings. The highest BCUT2D eigenvalue weighted by Crippen LogP contribution is 2.32. The van der Waals surface area contributed by atoms with Crippen molar-refractivity contribution < 1.29 is 4.74 Å². The summed E-state index contributed by atoms with van der Waals surface area (Å²) in [5.41, 5.74) is 1.10. The number of benzene rings is 1. The molecule has 0 aromatic heterocycles. The molecular formula is C16H23Cl2NO. The minimum Gasteiger partial charge on any atom is -0.378 e. The summed E-state index contributed by atoms with van der Waals surface area (Å²) < 4.78 is 5.68. The lowest BCUT2D eigenvalue weighted by molar-refractivity contribution is 0.101. The van der Waals surface area contributed by atoms with E-state index in [4.69, 9.17) is 27.9 Å². The molecule has 2 rings (SSSR count). The lowest BCUT2D eigenvalue weighted by Crippen LogP contribution is -2.21. The zero-order valence-corrected chi connectivity index (χ0v) is 13.5. The Morgan fingerprint density at radius 1 is 1.40 bits per heavy atom. The maximum atomic E-state index is 6.33. The number of halogens is 2. The van der Waals surface area contributed by atoms with Crippen LogP contribution in [0.2, 0.25) is 10.0 Å². The normalized spacial score (nSPS) is 20.2. The van der Waals surface area contributed by atoms with Crippen LogP contribution in [0, 0.1) is 0 Å². The third kappa shape index (κ3) is 4.36. The monoisotopic (exact) mass is 315 g/mol. The summed E-state index contributed by atoms with van der Waals surface area (Å²) in [5.74, 6) is 0. The zero-order valence-electron chi connectivity index (χ0n) is 12.0. The van der Waals surface area contributed by atoms with E-state index in [0.717, 1.165) is 38.0 Å². The summed E-state index contributed by atoms with van der Waals surface area (Å²) in [7, 11) is 0. The van der Waals surface area contributed by atoms with Crippen LogP contribution in [0.1, 0.15) is 50.6 Å². The second kappa shape index (κ2) is 8.23. The number of rotatable bonds is 7. The van der Waals surface area contributed by atoms with Gasteiger partial charge in [0.15, 0.2) is 0 Å². The van der Waals surface area contributed by atoms with Crippen LogP contribution in [0.15, 0.2) is 18.2 Å². The van der Waals surface area contributed by atoms with E-state index in [0.29, 0.717) is 16.1 Å². The molecule has 2 atom stereocenters. The molecule has 0 radical (unpaired) electrons. The number of nitrogens with one attached hydrogen (secondary N) is 1. The van der Waals surface area contributed by atoms with Gasteiger partial charge in [0.2, 0.25) is 0 Å². The topological polar surface area (TPSA) is 21.3 Å². The molecule has 1 aliphatic heterocycles. The fourth-order valence-corrected chi connectivity index (χ4v) is 3.26. The molecule has 1 heterocycles. The van der Waals surface area contributed by atoms with Crippen LogP contribution in [0.4, 0.5) is 0 Å². The minimum atomic E-state index is 0.271. The smallest absolute Gasteiger partial charge is 0.0640 e. The first kappa shape index (κ1) is 16.1. The van der Waals surface area contributed by atoms with E-state index in [1.165, 1.54) is 12.8 Å². The van der Waals surface area contributed by atoms with Crippen LogP contribution < -0.4 is 5.32 Å². The Labute approximate surface area is 131 Å². The van der Waals surface area contributed by atoms with Crippen LogP contribution in [-0.2, 0) is 4.74 Å². The summed E-state index contributed by atoms with van der Waals surface area (Å²) in [6.45, 7) is 3.97. The van der Waals surface area contributed by atoms with Crippen molar-refractivity contribution in [3.63, 3.8) is 0 Å². The van der Waals surface area contributed by atoms with E-state index >= 15 is 0 Å². The van der Waals surface area contributed by atoms with Gasteiger partial charge in [-0.25, -0.2) is 0 Å². The van der Waals surface area contributed by atoms with Crippen molar-refractivity contribution in [2.75, 3.05) is 13.2 Å². The predicted molar refractivity (Wildman–Crippen MR) is 85.7 cm³/mol. The Hall–Kier alpha value is -0.280. The molecular weight excluding hydrogens is 293 g/mol. The van der Waals surface area contributed by atoms with E-state index < -0.39 is 0 Å². The molecule has 0 spiro atoms. The maximum absolute atomic E-state index is 6.33. The van der Waals surface area contributed by atoms with Gasteiger partial charge in [-0.15, -0.1) is 0 Å². The minimum absolute atomic E-state index is 0.271. The second-order valence-corrected chi connectivity index (χ2v) is 6.10. The van der Waals surface area contributed by atoms with Crippen LogP contribution >= 0.6 is 23.2 Å². The van der Waals surface area contributed by atoms with Gasteiger partial charge >= 0.3 is 0 Å². The molecule has 112 valence electrons. The summed E-state index contributed by atoms with van der Waals surface area (Å²) in [5, 5.41) is 4.82. The fraction of sp³-hybridized carbons (Fsp3) is 0.625. The van der Waals surface area contributed by atoms with Gasteiger partial charge in [-0.3, -0.25) is 0 Å². The maximum Gasteiger partial charge on any atom is 0.0640 e. The molecule has 0 bridgehead atoms. The zero-order chi connectivity index (χ0) is 14.4. The molecule has 1 aliphatic rings. The van der Waals surface area contributed by atoms with Gasteiger partial charge in [-0.05, 0) is 50.3 Å². The number of ether oxygens (including phenoxy) is 1. The highest BCUT2D eigenvalue weighted by atomic mass is 35.5. The Kier molecular flexibility index (Phi) is 6.63. The summed E-state index contributed by atoms with van der Waals surface area (Å²) >= 11 is 12.4. The van der Waals surface area contributed by atoms with Gasteiger partial charge in [0.05, 0.1) is 16.1 Å². The summed E-state index contributed by atoms with van der Waals surface area (Å²) in [4.78, 5) is 0. The van der Waals surface area contributed by atoms with Gasteiger partial charge < -0.3 is 10.1 Å². The Balaban J connectivity index is 1.93. The van der Waals surface area contributed by atoms with Gasteiger partial charge in [0.1, 0.15) is 0 Å². The molecule has 20 heavy (non-hydrogen) atoms. The fourth-order valence-electron chi connectivity index (χ4n) is 2.83. The van der Waals surface area contributed by atoms with Crippen LogP contribution in [0.3, 0.4) is 0 Å². The molecule has 2 unspecified atom stereocenters. The van der Waals surface area contributed by atoms with Crippen molar-refractivity contribution in [3.05, 3.63) is 33.8 Å². The third-order valence-corrected chi connectivity index (χ3v) is 4.68. The standard InChI is InChI=1S/C16H23Cl2NO/c1-2-19-15(10-3-6-12-7-5-11-20-12)13-8-4-9-14(17)16(13)18/h4,8-9,12,15,19H,2-3,5-7,10-11H2,1H3. The molecule has 1 aromatic carbocycles. The average molecular weight is 316 g/mol. The highest BCUT2D eigenvalue weighted by Gasteiger charge is 2.18. The van der Waals surface area contributed by atoms with Crippen LogP contribution in [0.5, 0.6) is 0 Å². The Morgan fingerprint density at radius 2 is 2.25 bits per heavy atom. The first-order valence-corrected chi connectivity index (χ1v) is 8.27. The van der Waals surface area contributed by atoms with E-state index in [1.54, 1.807) is 0 Å². The largest absolute Gasteiger partial charge is 0.378 e. The molecule has 1 aromatic rings. The third-order valence-electron chi connectivity index (χ3n) is 3.85. The molecule has 0 saturated carbocycles. The molecule has 1 N–H and O–H groups in total. The Morgan fingerprint density at radius 3 is 2.95 bits per heavy atom. The van der Waals surface area contributed by atoms with Crippen molar-refractivity contribution >= 4 is 23.2 Å². The second-order valence-electron chi connectivity index (χ2n) is 5.32. The quantitative estimate of drug-likeness (QED) is 0.765. The molecule has 0 aliphatic carbocycles. The van der Waals surface area contributed by atoms with Crippen molar-refractivity contribution in [2.24, 2.45) is 0 Å². The number of hydrogen-bond donors (Lipinski definition) is 1. The molecule has 2 nitrogen and oxygen atoms in total. The van der Waals surface area contributed by atoms with Crippen LogP contribution in [-0.4, -0.2) is 19.3 Å². The van der Waals surface area contributed by atoms with Crippen molar-refractivity contribution in [2.45, 2.75) is 51.2 Å². The SMILES string of the molecule is CCNC(CCCC1CCCO1)c1cccc(Cl)c1Cl. The van der Waals surface area contributed by atoms with Gasteiger partial charge in [0.25, 0.3) is 0 Å².